The van der Waals surface area contributed by atoms with E-state index < -0.39 is 0 Å². The Morgan fingerprint density at radius 1 is 1.15 bits per heavy atom. The molecule has 2 amide bonds. The molecule has 0 unspecified atom stereocenters. The second-order valence-corrected chi connectivity index (χ2v) is 7.06. The number of hydrogen-bond donors (Lipinski definition) is 0. The number of aromatic nitrogens is 1. The number of carbonyl (C=O) groups is 2. The van der Waals surface area contributed by atoms with Gasteiger partial charge in [0.05, 0.1) is 16.2 Å². The van der Waals surface area contributed by atoms with Gasteiger partial charge in [-0.05, 0) is 43.3 Å². The molecule has 3 aromatic rings. The molecule has 0 radical (unpaired) electrons. The smallest absolute Gasteiger partial charge is 0.254 e. The first-order valence-corrected chi connectivity index (χ1v) is 9.13. The van der Waals surface area contributed by atoms with Gasteiger partial charge < -0.3 is 9.80 Å². The van der Waals surface area contributed by atoms with Crippen molar-refractivity contribution in [3.05, 3.63) is 71.4 Å². The van der Waals surface area contributed by atoms with E-state index in [1.165, 1.54) is 0 Å². The fraction of sp³-hybridized carbons (Fsp3) is 0.190. The van der Waals surface area contributed by atoms with E-state index in [1.807, 2.05) is 49.4 Å². The normalized spacial score (nSPS) is 17.4. The zero-order valence-electron chi connectivity index (χ0n) is 14.8. The van der Waals surface area contributed by atoms with Crippen LogP contribution >= 0.6 is 11.6 Å². The number of amides is 2. The summed E-state index contributed by atoms with van der Waals surface area (Å²) in [6.45, 7) is 2.37. The molecule has 1 aliphatic heterocycles. The highest BCUT2D eigenvalue weighted by molar-refractivity contribution is 6.33. The number of rotatable bonds is 2. The van der Waals surface area contributed by atoms with Crippen LogP contribution in [-0.4, -0.2) is 40.8 Å². The van der Waals surface area contributed by atoms with Crippen LogP contribution in [0, 0.1) is 0 Å². The van der Waals surface area contributed by atoms with Crippen molar-refractivity contribution < 1.29 is 9.59 Å². The minimum atomic E-state index is -0.152. The number of benzene rings is 2. The van der Waals surface area contributed by atoms with Crippen LogP contribution in [-0.2, 0) is 4.79 Å². The molecule has 0 saturated carbocycles. The number of para-hydroxylation sites is 1. The van der Waals surface area contributed by atoms with E-state index in [4.69, 9.17) is 11.6 Å². The third kappa shape index (κ3) is 3.26. The van der Waals surface area contributed by atoms with Gasteiger partial charge in [-0.2, -0.15) is 0 Å². The summed E-state index contributed by atoms with van der Waals surface area (Å²) in [7, 11) is 0. The third-order valence-electron chi connectivity index (χ3n) is 4.84. The molecule has 1 saturated heterocycles. The van der Waals surface area contributed by atoms with Crippen molar-refractivity contribution in [3.63, 3.8) is 0 Å². The zero-order valence-corrected chi connectivity index (χ0v) is 15.6. The van der Waals surface area contributed by atoms with Crippen LogP contribution in [0.4, 0.5) is 5.69 Å². The van der Waals surface area contributed by atoms with Crippen LogP contribution in [0.1, 0.15) is 17.3 Å². The third-order valence-corrected chi connectivity index (χ3v) is 5.16. The second kappa shape index (κ2) is 7.00. The number of halogens is 1. The first kappa shape index (κ1) is 17.5. The molecule has 1 fully saturated rings. The fourth-order valence-corrected chi connectivity index (χ4v) is 3.64. The van der Waals surface area contributed by atoms with Crippen molar-refractivity contribution in [1.29, 1.82) is 0 Å². The van der Waals surface area contributed by atoms with E-state index in [-0.39, 0.29) is 24.4 Å². The van der Waals surface area contributed by atoms with E-state index in [2.05, 4.69) is 4.98 Å². The minimum Gasteiger partial charge on any atom is -0.325 e. The maximum absolute atomic E-state index is 13.0. The predicted molar refractivity (Wildman–Crippen MR) is 106 cm³/mol. The summed E-state index contributed by atoms with van der Waals surface area (Å²) in [5, 5.41) is 1.43. The fourth-order valence-electron chi connectivity index (χ4n) is 3.40. The molecule has 27 heavy (non-hydrogen) atoms. The Morgan fingerprint density at radius 3 is 2.78 bits per heavy atom. The molecule has 2 aromatic carbocycles. The largest absolute Gasteiger partial charge is 0.325 e. The Bertz CT molecular complexity index is 1040. The minimum absolute atomic E-state index is 0.0241. The molecule has 6 heteroatoms. The molecule has 0 bridgehead atoms. The maximum atomic E-state index is 13.0. The first-order valence-electron chi connectivity index (χ1n) is 8.75. The highest BCUT2D eigenvalue weighted by Crippen LogP contribution is 2.28. The van der Waals surface area contributed by atoms with E-state index in [9.17, 15) is 9.59 Å². The van der Waals surface area contributed by atoms with E-state index in [0.29, 0.717) is 22.8 Å². The van der Waals surface area contributed by atoms with Crippen molar-refractivity contribution in [3.8, 4) is 0 Å². The van der Waals surface area contributed by atoms with Crippen LogP contribution in [0.15, 0.2) is 60.8 Å². The quantitative estimate of drug-likeness (QED) is 0.681. The lowest BCUT2D eigenvalue weighted by atomic mass is 10.1. The molecule has 0 N–H and O–H groups in total. The van der Waals surface area contributed by atoms with Gasteiger partial charge in [0.2, 0.25) is 5.91 Å². The van der Waals surface area contributed by atoms with E-state index in [1.54, 1.807) is 28.1 Å². The molecule has 1 aromatic heterocycles. The number of hydrogen-bond acceptors (Lipinski definition) is 3. The van der Waals surface area contributed by atoms with Gasteiger partial charge in [0.15, 0.2) is 0 Å². The van der Waals surface area contributed by atoms with Crippen LogP contribution in [0.3, 0.4) is 0 Å². The number of nitrogens with zero attached hydrogens (tertiary/aromatic N) is 3. The average Bonchev–Trinajstić information content (AvgIpc) is 2.69. The van der Waals surface area contributed by atoms with Gasteiger partial charge in [-0.25, -0.2) is 0 Å². The summed E-state index contributed by atoms with van der Waals surface area (Å²) in [6.07, 6.45) is 1.72. The number of anilines is 1. The van der Waals surface area contributed by atoms with Crippen LogP contribution in [0.2, 0.25) is 5.02 Å². The van der Waals surface area contributed by atoms with Crippen molar-refractivity contribution in [2.24, 2.45) is 0 Å². The SMILES string of the molecule is C[C@H]1CN(c2ccccc2Cl)C(=O)CN1C(=O)c1ccc2ncccc2c1. The summed E-state index contributed by atoms with van der Waals surface area (Å²) in [4.78, 5) is 33.3. The molecule has 136 valence electrons. The van der Waals surface area contributed by atoms with E-state index in [0.717, 1.165) is 10.9 Å². The Hall–Kier alpha value is -2.92. The Kier molecular flexibility index (Phi) is 4.54. The van der Waals surface area contributed by atoms with Gasteiger partial charge in [0.25, 0.3) is 5.91 Å². The van der Waals surface area contributed by atoms with Gasteiger partial charge in [-0.15, -0.1) is 0 Å². The lowest BCUT2D eigenvalue weighted by Gasteiger charge is -2.39. The molecule has 1 atom stereocenters. The van der Waals surface area contributed by atoms with Crippen LogP contribution < -0.4 is 4.90 Å². The topological polar surface area (TPSA) is 53.5 Å². The van der Waals surface area contributed by atoms with Crippen molar-refractivity contribution in [2.45, 2.75) is 13.0 Å². The number of piperazine rings is 1. The molecule has 2 heterocycles. The average molecular weight is 380 g/mol. The highest BCUT2D eigenvalue weighted by atomic mass is 35.5. The van der Waals surface area contributed by atoms with E-state index >= 15 is 0 Å². The lowest BCUT2D eigenvalue weighted by molar-refractivity contribution is -0.121. The van der Waals surface area contributed by atoms with Crippen molar-refractivity contribution >= 4 is 40.0 Å². The molecule has 0 aliphatic carbocycles. The van der Waals surface area contributed by atoms with Gasteiger partial charge in [0.1, 0.15) is 6.54 Å². The zero-order chi connectivity index (χ0) is 19.0. The summed E-state index contributed by atoms with van der Waals surface area (Å²) in [5.74, 6) is -0.294. The standard InChI is InChI=1S/C21H18ClN3O2/c1-14-12-25(19-7-3-2-6-17(19)22)20(26)13-24(14)21(27)16-8-9-18-15(11-16)5-4-10-23-18/h2-11,14H,12-13H2,1H3/t14-/m0/s1. The van der Waals surface area contributed by atoms with Crippen LogP contribution in [0.5, 0.6) is 0 Å². The van der Waals surface area contributed by atoms with Gasteiger partial charge >= 0.3 is 0 Å². The number of fused-ring (bicyclic) bond motifs is 1. The molecule has 4 rings (SSSR count). The summed E-state index contributed by atoms with van der Waals surface area (Å²) in [6, 6.07) is 16.3. The lowest BCUT2D eigenvalue weighted by Crippen LogP contribution is -2.57. The van der Waals surface area contributed by atoms with Crippen molar-refractivity contribution in [1.82, 2.24) is 9.88 Å². The highest BCUT2D eigenvalue weighted by Gasteiger charge is 2.34. The molecule has 0 spiro atoms. The number of pyridine rings is 1. The Labute approximate surface area is 162 Å². The Morgan fingerprint density at radius 2 is 1.96 bits per heavy atom. The van der Waals surface area contributed by atoms with Gasteiger partial charge in [-0.1, -0.05) is 29.8 Å². The summed E-state index contributed by atoms with van der Waals surface area (Å²) < 4.78 is 0. The maximum Gasteiger partial charge on any atom is 0.254 e. The molecular formula is C21H18ClN3O2. The second-order valence-electron chi connectivity index (χ2n) is 6.65. The Balaban J connectivity index is 1.59. The summed E-state index contributed by atoms with van der Waals surface area (Å²) in [5.41, 5.74) is 2.07. The first-order chi connectivity index (χ1) is 13.0. The summed E-state index contributed by atoms with van der Waals surface area (Å²) >= 11 is 6.24. The molecule has 1 aliphatic rings. The number of carbonyl (C=O) groups excluding carboxylic acids is 2. The van der Waals surface area contributed by atoms with Crippen LogP contribution in [0.25, 0.3) is 10.9 Å². The van der Waals surface area contributed by atoms with Gasteiger partial charge in [0, 0.05) is 29.7 Å². The predicted octanol–water partition coefficient (Wildman–Crippen LogP) is 3.77. The van der Waals surface area contributed by atoms with Crippen molar-refractivity contribution in [2.75, 3.05) is 18.0 Å². The van der Waals surface area contributed by atoms with Gasteiger partial charge in [-0.3, -0.25) is 14.6 Å². The molecule has 5 nitrogen and oxygen atoms in total. The monoisotopic (exact) mass is 379 g/mol. The molecular weight excluding hydrogens is 362 g/mol.